The molecule has 0 bridgehead atoms. The summed E-state index contributed by atoms with van der Waals surface area (Å²) in [5.41, 5.74) is 0.694. The summed E-state index contributed by atoms with van der Waals surface area (Å²) in [5.74, 6) is 0.847. The lowest BCUT2D eigenvalue weighted by atomic mass is 9.85. The van der Waals surface area contributed by atoms with Crippen LogP contribution in [0.1, 0.15) is 57.4 Å². The standard InChI is InChI=1S/C21H30N4O3S/c1-13-7-14(2)10-24(9-13)18(27)8-22-17(26)11-25-12-23-20-19(21(25)28)15-5-3-4-6-16(15)29-20/h12-16H,3-11H2,1-2H3,(H,22,26). The van der Waals surface area contributed by atoms with Crippen LogP contribution in [-0.2, 0) is 16.1 Å². The highest BCUT2D eigenvalue weighted by Crippen LogP contribution is 2.49. The number of rotatable bonds is 4. The molecule has 2 fully saturated rings. The molecular weight excluding hydrogens is 388 g/mol. The number of carbonyl (C=O) groups excluding carboxylic acids is 2. The fraction of sp³-hybridized carbons (Fsp3) is 0.714. The summed E-state index contributed by atoms with van der Waals surface area (Å²) in [6.07, 6.45) is 7.11. The van der Waals surface area contributed by atoms with E-state index < -0.39 is 0 Å². The van der Waals surface area contributed by atoms with Gasteiger partial charge in [-0.1, -0.05) is 26.7 Å². The Morgan fingerprint density at radius 2 is 1.93 bits per heavy atom. The van der Waals surface area contributed by atoms with Crippen molar-refractivity contribution in [2.24, 2.45) is 11.8 Å². The Labute approximate surface area is 175 Å². The van der Waals surface area contributed by atoms with Gasteiger partial charge in [0.15, 0.2) is 0 Å². The maximum atomic E-state index is 13.0. The second kappa shape index (κ2) is 8.50. The van der Waals surface area contributed by atoms with Gasteiger partial charge in [-0.25, -0.2) is 4.98 Å². The maximum absolute atomic E-state index is 13.0. The molecule has 3 aliphatic rings. The topological polar surface area (TPSA) is 84.3 Å². The van der Waals surface area contributed by atoms with E-state index in [1.807, 2.05) is 4.90 Å². The molecule has 2 amide bonds. The van der Waals surface area contributed by atoms with Gasteiger partial charge in [0, 0.05) is 24.3 Å². The largest absolute Gasteiger partial charge is 0.345 e. The molecule has 3 heterocycles. The molecule has 4 atom stereocenters. The third-order valence-electron chi connectivity index (χ3n) is 6.34. The lowest BCUT2D eigenvalue weighted by molar-refractivity contribution is -0.135. The summed E-state index contributed by atoms with van der Waals surface area (Å²) in [7, 11) is 0. The van der Waals surface area contributed by atoms with Crippen LogP contribution in [0, 0.1) is 11.8 Å². The maximum Gasteiger partial charge on any atom is 0.258 e. The molecule has 8 heteroatoms. The van der Waals surface area contributed by atoms with Crippen LogP contribution >= 0.6 is 11.8 Å². The van der Waals surface area contributed by atoms with Crippen molar-refractivity contribution in [2.45, 2.75) is 68.7 Å². The summed E-state index contributed by atoms with van der Waals surface area (Å²) in [6, 6.07) is 0. The van der Waals surface area contributed by atoms with Crippen molar-refractivity contribution in [1.29, 1.82) is 0 Å². The van der Waals surface area contributed by atoms with Gasteiger partial charge >= 0.3 is 0 Å². The number of fused-ring (bicyclic) bond motifs is 3. The number of hydrogen-bond acceptors (Lipinski definition) is 5. The van der Waals surface area contributed by atoms with Gasteiger partial charge in [0.2, 0.25) is 11.8 Å². The van der Waals surface area contributed by atoms with Crippen molar-refractivity contribution < 1.29 is 9.59 Å². The number of nitrogens with zero attached hydrogens (tertiary/aromatic N) is 3. The van der Waals surface area contributed by atoms with Crippen molar-refractivity contribution in [1.82, 2.24) is 19.8 Å². The second-order valence-electron chi connectivity index (χ2n) is 8.97. The first-order valence-electron chi connectivity index (χ1n) is 10.7. The van der Waals surface area contributed by atoms with Crippen LogP contribution in [0.3, 0.4) is 0 Å². The molecule has 1 N–H and O–H groups in total. The van der Waals surface area contributed by atoms with E-state index in [1.165, 1.54) is 17.3 Å². The number of likely N-dealkylation sites (tertiary alicyclic amines) is 1. The SMILES string of the molecule is CC1CC(C)CN(C(=O)CNC(=O)Cn2cnc3c(c2=O)C2CCCCC2S3)C1. The number of amides is 2. The van der Waals surface area contributed by atoms with E-state index in [4.69, 9.17) is 0 Å². The number of carbonyl (C=O) groups is 2. The molecule has 4 unspecified atom stereocenters. The molecule has 1 saturated carbocycles. The van der Waals surface area contributed by atoms with Crippen LogP contribution < -0.4 is 10.9 Å². The van der Waals surface area contributed by atoms with Crippen LogP contribution in [0.4, 0.5) is 0 Å². The van der Waals surface area contributed by atoms with E-state index in [0.29, 0.717) is 17.1 Å². The molecule has 1 saturated heterocycles. The summed E-state index contributed by atoms with van der Waals surface area (Å²) in [5, 5.41) is 3.98. The average molecular weight is 419 g/mol. The Balaban J connectivity index is 1.36. The van der Waals surface area contributed by atoms with E-state index >= 15 is 0 Å². The quantitative estimate of drug-likeness (QED) is 0.756. The number of thioether (sulfide) groups is 1. The van der Waals surface area contributed by atoms with Crippen molar-refractivity contribution in [2.75, 3.05) is 19.6 Å². The predicted octanol–water partition coefficient (Wildman–Crippen LogP) is 2.00. The van der Waals surface area contributed by atoms with Gasteiger partial charge in [-0.3, -0.25) is 19.0 Å². The minimum absolute atomic E-state index is 0.0219. The van der Waals surface area contributed by atoms with Crippen LogP contribution in [0.15, 0.2) is 16.1 Å². The zero-order valence-corrected chi connectivity index (χ0v) is 18.0. The summed E-state index contributed by atoms with van der Waals surface area (Å²) in [6.45, 7) is 5.67. The van der Waals surface area contributed by atoms with Gasteiger partial charge < -0.3 is 10.2 Å². The Bertz CT molecular complexity index is 845. The highest BCUT2D eigenvalue weighted by atomic mass is 32.2. The van der Waals surface area contributed by atoms with Crippen LogP contribution in [-0.4, -0.2) is 51.1 Å². The molecular formula is C21H30N4O3S. The molecule has 1 aromatic heterocycles. The Hall–Kier alpha value is -1.83. The highest BCUT2D eigenvalue weighted by molar-refractivity contribution is 8.00. The zero-order valence-electron chi connectivity index (χ0n) is 17.2. The summed E-state index contributed by atoms with van der Waals surface area (Å²) in [4.78, 5) is 44.1. The Kier molecular flexibility index (Phi) is 5.99. The van der Waals surface area contributed by atoms with Crippen LogP contribution in [0.25, 0.3) is 0 Å². The number of hydrogen-bond donors (Lipinski definition) is 1. The number of aromatic nitrogens is 2. The first-order chi connectivity index (χ1) is 13.9. The van der Waals surface area contributed by atoms with Crippen LogP contribution in [0.2, 0.25) is 0 Å². The van der Waals surface area contributed by atoms with E-state index in [1.54, 1.807) is 11.8 Å². The molecule has 0 radical (unpaired) electrons. The van der Waals surface area contributed by atoms with Crippen LogP contribution in [0.5, 0.6) is 0 Å². The normalized spacial score (nSPS) is 28.6. The van der Waals surface area contributed by atoms with Crippen molar-refractivity contribution in [3.05, 3.63) is 22.2 Å². The van der Waals surface area contributed by atoms with Crippen molar-refractivity contribution in [3.8, 4) is 0 Å². The van der Waals surface area contributed by atoms with Gasteiger partial charge in [-0.05, 0) is 31.1 Å². The zero-order chi connectivity index (χ0) is 20.5. The molecule has 0 aromatic carbocycles. The Morgan fingerprint density at radius 1 is 1.21 bits per heavy atom. The fourth-order valence-corrected chi connectivity index (χ4v) is 6.57. The smallest absolute Gasteiger partial charge is 0.258 e. The predicted molar refractivity (Wildman–Crippen MR) is 112 cm³/mol. The first kappa shape index (κ1) is 20.4. The summed E-state index contributed by atoms with van der Waals surface area (Å²) < 4.78 is 1.39. The minimum Gasteiger partial charge on any atom is -0.345 e. The average Bonchev–Trinajstić information content (AvgIpc) is 3.07. The molecule has 29 heavy (non-hydrogen) atoms. The number of nitrogens with one attached hydrogen (secondary N) is 1. The van der Waals surface area contributed by atoms with Gasteiger partial charge in [-0.2, -0.15) is 0 Å². The van der Waals surface area contributed by atoms with Gasteiger partial charge in [0.05, 0.1) is 18.4 Å². The third kappa shape index (κ3) is 4.37. The summed E-state index contributed by atoms with van der Waals surface area (Å²) >= 11 is 1.72. The lowest BCUT2D eigenvalue weighted by Gasteiger charge is -2.35. The fourth-order valence-electron chi connectivity index (χ4n) is 5.09. The molecule has 7 nitrogen and oxygen atoms in total. The van der Waals surface area contributed by atoms with E-state index in [-0.39, 0.29) is 36.4 Å². The van der Waals surface area contributed by atoms with E-state index in [2.05, 4.69) is 24.1 Å². The number of piperidine rings is 1. The molecule has 1 aliphatic carbocycles. The van der Waals surface area contributed by atoms with Gasteiger partial charge in [0.25, 0.3) is 5.56 Å². The highest BCUT2D eigenvalue weighted by Gasteiger charge is 2.38. The van der Waals surface area contributed by atoms with Gasteiger partial charge in [-0.15, -0.1) is 11.8 Å². The third-order valence-corrected chi connectivity index (χ3v) is 7.76. The first-order valence-corrected chi connectivity index (χ1v) is 11.6. The van der Waals surface area contributed by atoms with Gasteiger partial charge in [0.1, 0.15) is 11.6 Å². The monoisotopic (exact) mass is 418 g/mol. The van der Waals surface area contributed by atoms with E-state index in [0.717, 1.165) is 49.4 Å². The van der Waals surface area contributed by atoms with Crippen molar-refractivity contribution >= 4 is 23.6 Å². The second-order valence-corrected chi connectivity index (χ2v) is 10.2. The lowest BCUT2D eigenvalue weighted by Crippen LogP contribution is -2.47. The molecule has 4 rings (SSSR count). The Morgan fingerprint density at radius 3 is 2.69 bits per heavy atom. The minimum atomic E-state index is -0.328. The van der Waals surface area contributed by atoms with Crippen molar-refractivity contribution in [3.63, 3.8) is 0 Å². The molecule has 2 aliphatic heterocycles. The van der Waals surface area contributed by atoms with E-state index in [9.17, 15) is 14.4 Å². The molecule has 158 valence electrons. The molecule has 0 spiro atoms. The molecule has 1 aromatic rings.